The Morgan fingerprint density at radius 1 is 0.621 bits per heavy atom. The Kier molecular flexibility index (Phi) is 6.83. The third kappa shape index (κ3) is 3.67. The van der Waals surface area contributed by atoms with Crippen molar-refractivity contribution in [1.29, 1.82) is 0 Å². The largest absolute Gasteiger partial charge is 0.396 e. The van der Waals surface area contributed by atoms with Crippen LogP contribution >= 0.6 is 0 Å². The van der Waals surface area contributed by atoms with E-state index in [1.807, 2.05) is 14.2 Å². The average Bonchev–Trinajstić information content (AvgIpc) is 2.73. The van der Waals surface area contributed by atoms with Crippen LogP contribution in [0.15, 0.2) is 0 Å². The van der Waals surface area contributed by atoms with Crippen LogP contribution in [-0.2, 0) is 8.85 Å². The smallest absolute Gasteiger partial charge is 0.373 e. The Hall–Kier alpha value is 0.0569. The van der Waals surface area contributed by atoms with Crippen molar-refractivity contribution < 1.29 is 8.85 Å². The second-order valence-corrected chi connectivity index (χ2v) is 14.7. The fraction of sp³-hybridized carbons (Fsp3) is 1.00. The van der Waals surface area contributed by atoms with Crippen LogP contribution in [0, 0.1) is 47.3 Å². The third-order valence-corrected chi connectivity index (χ3v) is 13.9. The monoisotopic (exact) mass is 422 g/mol. The van der Waals surface area contributed by atoms with Crippen LogP contribution in [0.4, 0.5) is 0 Å². The van der Waals surface area contributed by atoms with Gasteiger partial charge in [0.15, 0.2) is 0 Å². The van der Waals surface area contributed by atoms with Crippen molar-refractivity contribution in [3.05, 3.63) is 0 Å². The second-order valence-electron chi connectivity index (χ2n) is 11.2. The van der Waals surface area contributed by atoms with E-state index < -0.39 is 8.56 Å². The van der Waals surface area contributed by atoms with Crippen LogP contribution in [0.3, 0.4) is 0 Å². The highest BCUT2D eigenvalue weighted by Crippen LogP contribution is 2.50. The molecule has 4 aliphatic rings. The van der Waals surface area contributed by atoms with E-state index in [-0.39, 0.29) is 0 Å². The summed E-state index contributed by atoms with van der Waals surface area (Å²) in [6.07, 6.45) is 8.31. The minimum Gasteiger partial charge on any atom is -0.396 e. The number of hydrogen-bond acceptors (Lipinski definition) is 4. The zero-order valence-corrected chi connectivity index (χ0v) is 20.7. The first kappa shape index (κ1) is 22.3. The van der Waals surface area contributed by atoms with Gasteiger partial charge in [-0.1, -0.05) is 53.4 Å². The molecule has 2 saturated carbocycles. The molecule has 2 saturated heterocycles. The zero-order valence-electron chi connectivity index (χ0n) is 19.7. The lowest BCUT2D eigenvalue weighted by Gasteiger charge is -2.58. The Morgan fingerprint density at radius 3 is 1.41 bits per heavy atom. The van der Waals surface area contributed by atoms with Gasteiger partial charge in [0, 0.05) is 14.2 Å². The van der Waals surface area contributed by atoms with Crippen LogP contribution in [0.25, 0.3) is 0 Å². The van der Waals surface area contributed by atoms with Gasteiger partial charge in [0.1, 0.15) is 0 Å². The number of piperidine rings is 2. The molecule has 0 bridgehead atoms. The lowest BCUT2D eigenvalue weighted by Crippen LogP contribution is -2.78. The van der Waals surface area contributed by atoms with Crippen LogP contribution in [0.5, 0.6) is 0 Å². The predicted molar refractivity (Wildman–Crippen MR) is 122 cm³/mol. The number of fused-ring (bicyclic) bond motifs is 2. The lowest BCUT2D eigenvalue weighted by atomic mass is 9.66. The Labute approximate surface area is 180 Å². The SMILES string of the molecule is CO[Si](OC)(C1NCC(C)C2CCCC(C)C21)C1NCC(C)C2CCCC(C)C21. The molecule has 0 spiro atoms. The molecule has 2 N–H and O–H groups in total. The van der Waals surface area contributed by atoms with E-state index in [1.165, 1.54) is 38.5 Å². The maximum Gasteiger partial charge on any atom is 0.373 e. The van der Waals surface area contributed by atoms with Crippen molar-refractivity contribution in [2.75, 3.05) is 27.3 Å². The second kappa shape index (κ2) is 8.89. The van der Waals surface area contributed by atoms with Crippen molar-refractivity contribution >= 4 is 8.56 Å². The third-order valence-electron chi connectivity index (χ3n) is 9.75. The standard InChI is InChI=1S/C24H46N2O2Si/c1-15-9-7-11-19-17(3)13-25-23(21(15)19)29(27-5,28-6)24-22-16(2)10-8-12-20(22)18(4)14-26-24/h15-26H,7-14H2,1-6H3. The molecule has 0 aromatic rings. The van der Waals surface area contributed by atoms with Crippen molar-refractivity contribution in [1.82, 2.24) is 10.6 Å². The molecule has 29 heavy (non-hydrogen) atoms. The van der Waals surface area contributed by atoms with E-state index in [0.29, 0.717) is 23.2 Å². The van der Waals surface area contributed by atoms with Crippen LogP contribution in [0.1, 0.15) is 66.2 Å². The van der Waals surface area contributed by atoms with Crippen LogP contribution < -0.4 is 10.6 Å². The van der Waals surface area contributed by atoms with Crippen molar-refractivity contribution in [2.45, 2.75) is 77.6 Å². The highest BCUT2D eigenvalue weighted by Gasteiger charge is 2.62. The summed E-state index contributed by atoms with van der Waals surface area (Å²) >= 11 is 0. The Bertz CT molecular complexity index is 513. The van der Waals surface area contributed by atoms with E-state index in [1.54, 1.807) is 0 Å². The van der Waals surface area contributed by atoms with E-state index in [0.717, 1.165) is 48.6 Å². The number of hydrogen-bond donors (Lipinski definition) is 2. The van der Waals surface area contributed by atoms with Gasteiger partial charge in [0.2, 0.25) is 0 Å². The normalized spacial score (nSPS) is 48.6. The molecule has 10 atom stereocenters. The van der Waals surface area contributed by atoms with Crippen molar-refractivity contribution in [3.8, 4) is 0 Å². The summed E-state index contributed by atoms with van der Waals surface area (Å²) in [7, 11) is 1.39. The molecule has 4 fully saturated rings. The van der Waals surface area contributed by atoms with Gasteiger partial charge in [-0.25, -0.2) is 0 Å². The van der Waals surface area contributed by atoms with Gasteiger partial charge in [-0.2, -0.15) is 0 Å². The van der Waals surface area contributed by atoms with Gasteiger partial charge < -0.3 is 19.5 Å². The molecule has 2 aliphatic carbocycles. The van der Waals surface area contributed by atoms with E-state index in [2.05, 4.69) is 38.3 Å². The first-order chi connectivity index (χ1) is 13.9. The maximum absolute atomic E-state index is 6.62. The predicted octanol–water partition coefficient (Wildman–Crippen LogP) is 4.12. The molecule has 2 heterocycles. The van der Waals surface area contributed by atoms with E-state index in [9.17, 15) is 0 Å². The summed E-state index contributed by atoms with van der Waals surface area (Å²) in [4.78, 5) is 0. The lowest BCUT2D eigenvalue weighted by molar-refractivity contribution is 0.0197. The molecule has 168 valence electrons. The highest BCUT2D eigenvalue weighted by molar-refractivity contribution is 6.71. The summed E-state index contributed by atoms with van der Waals surface area (Å²) in [5.41, 5.74) is 0.796. The molecule has 2 aliphatic heterocycles. The summed E-state index contributed by atoms with van der Waals surface area (Å²) in [6, 6.07) is 0. The molecule has 10 unspecified atom stereocenters. The molecular formula is C24H46N2O2Si. The van der Waals surface area contributed by atoms with Crippen LogP contribution in [0.2, 0.25) is 0 Å². The molecule has 5 heteroatoms. The van der Waals surface area contributed by atoms with Gasteiger partial charge in [-0.3, -0.25) is 0 Å². The molecule has 0 radical (unpaired) electrons. The Balaban J connectivity index is 1.71. The quantitative estimate of drug-likeness (QED) is 0.669. The van der Waals surface area contributed by atoms with Gasteiger partial charge in [-0.05, 0) is 73.3 Å². The zero-order chi connectivity index (χ0) is 20.8. The van der Waals surface area contributed by atoms with Gasteiger partial charge in [0.25, 0.3) is 0 Å². The van der Waals surface area contributed by atoms with E-state index in [4.69, 9.17) is 8.85 Å². The molecule has 4 nitrogen and oxygen atoms in total. The van der Waals surface area contributed by atoms with Gasteiger partial charge in [0.05, 0.1) is 11.3 Å². The van der Waals surface area contributed by atoms with Gasteiger partial charge in [-0.15, -0.1) is 0 Å². The van der Waals surface area contributed by atoms with Crippen molar-refractivity contribution in [3.63, 3.8) is 0 Å². The topological polar surface area (TPSA) is 42.5 Å². The first-order valence-electron chi connectivity index (χ1n) is 12.5. The minimum absolute atomic E-state index is 0.398. The summed E-state index contributed by atoms with van der Waals surface area (Å²) in [6.45, 7) is 12.1. The van der Waals surface area contributed by atoms with Crippen molar-refractivity contribution in [2.24, 2.45) is 47.3 Å². The molecule has 0 aromatic heterocycles. The maximum atomic E-state index is 6.62. The summed E-state index contributed by atoms with van der Waals surface area (Å²) < 4.78 is 13.2. The first-order valence-corrected chi connectivity index (χ1v) is 14.5. The summed E-state index contributed by atoms with van der Waals surface area (Å²) in [5.74, 6) is 6.07. The molecule has 0 aromatic carbocycles. The van der Waals surface area contributed by atoms with Crippen LogP contribution in [-0.4, -0.2) is 47.2 Å². The highest BCUT2D eigenvalue weighted by atomic mass is 28.4. The molecular weight excluding hydrogens is 376 g/mol. The van der Waals surface area contributed by atoms with Gasteiger partial charge >= 0.3 is 8.56 Å². The van der Waals surface area contributed by atoms with E-state index >= 15 is 0 Å². The summed E-state index contributed by atoms with van der Waals surface area (Å²) in [5, 5.41) is 8.06. The average molecular weight is 423 g/mol. The number of nitrogens with one attached hydrogen (secondary N) is 2. The fourth-order valence-corrected chi connectivity index (χ4v) is 12.8. The molecule has 0 amide bonds. The fourth-order valence-electron chi connectivity index (χ4n) is 8.25. The molecule has 4 rings (SSSR count). The Morgan fingerprint density at radius 2 is 1.03 bits per heavy atom. The number of rotatable bonds is 4. The minimum atomic E-state index is -2.52.